The van der Waals surface area contributed by atoms with E-state index in [0.29, 0.717) is 19.0 Å². The number of hydrogen-bond acceptors (Lipinski definition) is 4. The second-order valence-corrected chi connectivity index (χ2v) is 5.66. The molecule has 1 N–H and O–H groups in total. The van der Waals surface area contributed by atoms with Gasteiger partial charge in [0.05, 0.1) is 18.2 Å². The molecule has 0 spiro atoms. The van der Waals surface area contributed by atoms with Gasteiger partial charge in [0.1, 0.15) is 0 Å². The number of likely N-dealkylation sites (tertiary alicyclic amines) is 1. The van der Waals surface area contributed by atoms with E-state index < -0.39 is 0 Å². The first-order chi connectivity index (χ1) is 10.1. The van der Waals surface area contributed by atoms with Gasteiger partial charge in [0.2, 0.25) is 5.91 Å². The topological polar surface area (TPSA) is 76.5 Å². The first kappa shape index (κ1) is 14.1. The van der Waals surface area contributed by atoms with E-state index in [1.54, 1.807) is 30.9 Å². The molecule has 2 aliphatic rings. The van der Waals surface area contributed by atoms with Gasteiger partial charge in [-0.05, 0) is 12.8 Å². The molecule has 0 bridgehead atoms. The highest BCUT2D eigenvalue weighted by molar-refractivity contribution is 5.91. The van der Waals surface area contributed by atoms with Crippen molar-refractivity contribution in [2.24, 2.45) is 7.05 Å². The van der Waals surface area contributed by atoms with Gasteiger partial charge in [0, 0.05) is 39.5 Å². The van der Waals surface area contributed by atoms with E-state index in [-0.39, 0.29) is 30.0 Å². The van der Waals surface area contributed by atoms with Crippen LogP contribution in [0.3, 0.4) is 0 Å². The van der Waals surface area contributed by atoms with Crippen molar-refractivity contribution in [3.05, 3.63) is 18.2 Å². The number of carbonyl (C=O) groups is 2. The number of carbonyl (C=O) groups excluding carboxylic acids is 2. The van der Waals surface area contributed by atoms with E-state index in [9.17, 15) is 9.59 Å². The Bertz CT molecular complexity index is 556. The highest BCUT2D eigenvalue weighted by Crippen LogP contribution is 2.29. The predicted octanol–water partition coefficient (Wildman–Crippen LogP) is -0.0718. The van der Waals surface area contributed by atoms with Crippen molar-refractivity contribution in [3.63, 3.8) is 0 Å². The summed E-state index contributed by atoms with van der Waals surface area (Å²) in [6.07, 6.45) is 5.08. The molecule has 7 nitrogen and oxygen atoms in total. The van der Waals surface area contributed by atoms with Crippen LogP contribution in [-0.4, -0.2) is 57.6 Å². The maximum Gasteiger partial charge on any atom is 0.287 e. The number of rotatable bonds is 2. The van der Waals surface area contributed by atoms with Crippen LogP contribution in [0.4, 0.5) is 0 Å². The Morgan fingerprint density at radius 2 is 2.29 bits per heavy atom. The molecule has 2 aliphatic heterocycles. The molecule has 1 aromatic rings. The zero-order chi connectivity index (χ0) is 15.0. The van der Waals surface area contributed by atoms with Crippen molar-refractivity contribution in [1.29, 1.82) is 0 Å². The Kier molecular flexibility index (Phi) is 3.67. The number of aromatic nitrogens is 2. The van der Waals surface area contributed by atoms with E-state index in [0.717, 1.165) is 12.8 Å². The van der Waals surface area contributed by atoms with E-state index in [2.05, 4.69) is 10.3 Å². The fourth-order valence-electron chi connectivity index (χ4n) is 3.26. The van der Waals surface area contributed by atoms with Gasteiger partial charge >= 0.3 is 0 Å². The van der Waals surface area contributed by atoms with E-state index >= 15 is 0 Å². The molecule has 3 rings (SSSR count). The van der Waals surface area contributed by atoms with Crippen molar-refractivity contribution in [2.45, 2.75) is 38.0 Å². The lowest BCUT2D eigenvalue weighted by atomic mass is 10.0. The molecule has 0 unspecified atom stereocenters. The molecule has 0 saturated carbocycles. The summed E-state index contributed by atoms with van der Waals surface area (Å²) in [5, 5.41) is 2.96. The van der Waals surface area contributed by atoms with Crippen molar-refractivity contribution < 1.29 is 14.3 Å². The lowest BCUT2D eigenvalue weighted by molar-refractivity contribution is -0.132. The van der Waals surface area contributed by atoms with Gasteiger partial charge in [-0.15, -0.1) is 0 Å². The second kappa shape index (κ2) is 5.48. The minimum absolute atomic E-state index is 0.0317. The molecule has 114 valence electrons. The fraction of sp³-hybridized carbons (Fsp3) is 0.643. The third kappa shape index (κ3) is 2.53. The van der Waals surface area contributed by atoms with Crippen molar-refractivity contribution >= 4 is 11.8 Å². The standard InChI is InChI=1S/C14H20N4O3/c1-9(19)18-8-10(12-11(18)4-3-7-21-12)16-14(20)13-15-5-6-17(13)2/h5-6,10-12H,3-4,7-8H2,1-2H3,(H,16,20)/t10-,11-,12-/m1/s1. The summed E-state index contributed by atoms with van der Waals surface area (Å²) in [7, 11) is 1.78. The van der Waals surface area contributed by atoms with Crippen LogP contribution in [0.25, 0.3) is 0 Å². The molecule has 2 saturated heterocycles. The van der Waals surface area contributed by atoms with E-state index in [1.165, 1.54) is 0 Å². The van der Waals surface area contributed by atoms with Crippen molar-refractivity contribution in [2.75, 3.05) is 13.2 Å². The van der Waals surface area contributed by atoms with Crippen molar-refractivity contribution in [3.8, 4) is 0 Å². The molecule has 7 heteroatoms. The molecule has 2 amide bonds. The normalized spacial score (nSPS) is 28.3. The summed E-state index contributed by atoms with van der Waals surface area (Å²) in [5.74, 6) is 0.165. The van der Waals surface area contributed by atoms with Gasteiger partial charge in [0.25, 0.3) is 5.91 Å². The Balaban J connectivity index is 1.74. The van der Waals surface area contributed by atoms with Crippen LogP contribution in [0, 0.1) is 0 Å². The lowest BCUT2D eigenvalue weighted by Crippen LogP contribution is -2.48. The number of imidazole rings is 1. The van der Waals surface area contributed by atoms with Gasteiger partial charge in [0.15, 0.2) is 5.82 Å². The molecule has 2 fully saturated rings. The number of nitrogens with zero attached hydrogens (tertiary/aromatic N) is 3. The van der Waals surface area contributed by atoms with Gasteiger partial charge < -0.3 is 19.5 Å². The number of aryl methyl sites for hydroxylation is 1. The highest BCUT2D eigenvalue weighted by Gasteiger charge is 2.45. The molecule has 1 aromatic heterocycles. The third-order valence-electron chi connectivity index (χ3n) is 4.27. The molecule has 21 heavy (non-hydrogen) atoms. The largest absolute Gasteiger partial charge is 0.374 e. The lowest BCUT2D eigenvalue weighted by Gasteiger charge is -2.31. The Morgan fingerprint density at radius 1 is 1.48 bits per heavy atom. The molecule has 0 radical (unpaired) electrons. The maximum atomic E-state index is 12.3. The number of fused-ring (bicyclic) bond motifs is 1. The average molecular weight is 292 g/mol. The average Bonchev–Trinajstić information content (AvgIpc) is 3.03. The number of nitrogens with one attached hydrogen (secondary N) is 1. The summed E-state index contributed by atoms with van der Waals surface area (Å²) in [4.78, 5) is 29.9. The zero-order valence-corrected chi connectivity index (χ0v) is 12.3. The van der Waals surface area contributed by atoms with Gasteiger partial charge in [-0.2, -0.15) is 0 Å². The van der Waals surface area contributed by atoms with Crippen LogP contribution >= 0.6 is 0 Å². The van der Waals surface area contributed by atoms with Crippen LogP contribution < -0.4 is 5.32 Å². The molecular weight excluding hydrogens is 272 g/mol. The number of hydrogen-bond donors (Lipinski definition) is 1. The minimum Gasteiger partial charge on any atom is -0.374 e. The SMILES string of the molecule is CC(=O)N1C[C@@H](NC(=O)c2nccn2C)[C@H]2OCCC[C@H]21. The van der Waals surface area contributed by atoms with Crippen LogP contribution in [-0.2, 0) is 16.6 Å². The quantitative estimate of drug-likeness (QED) is 0.828. The molecule has 3 heterocycles. The van der Waals surface area contributed by atoms with E-state index in [1.807, 2.05) is 4.90 Å². The Morgan fingerprint density at radius 3 is 2.95 bits per heavy atom. The zero-order valence-electron chi connectivity index (χ0n) is 12.3. The third-order valence-corrected chi connectivity index (χ3v) is 4.27. The smallest absolute Gasteiger partial charge is 0.287 e. The van der Waals surface area contributed by atoms with Gasteiger partial charge in [-0.1, -0.05) is 0 Å². The van der Waals surface area contributed by atoms with Gasteiger partial charge in [-0.3, -0.25) is 9.59 Å². The van der Waals surface area contributed by atoms with Crippen LogP contribution in [0.15, 0.2) is 12.4 Å². The molecule has 0 aromatic carbocycles. The molecule has 3 atom stereocenters. The van der Waals surface area contributed by atoms with Gasteiger partial charge in [-0.25, -0.2) is 4.98 Å². The Labute approximate surface area is 123 Å². The fourth-order valence-corrected chi connectivity index (χ4v) is 3.26. The monoisotopic (exact) mass is 292 g/mol. The van der Waals surface area contributed by atoms with E-state index in [4.69, 9.17) is 4.74 Å². The van der Waals surface area contributed by atoms with Crippen LogP contribution in [0.5, 0.6) is 0 Å². The number of ether oxygens (including phenoxy) is 1. The first-order valence-corrected chi connectivity index (χ1v) is 7.25. The summed E-state index contributed by atoms with van der Waals surface area (Å²) in [6.45, 7) is 2.75. The summed E-state index contributed by atoms with van der Waals surface area (Å²) >= 11 is 0. The summed E-state index contributed by atoms with van der Waals surface area (Å²) in [5.41, 5.74) is 0. The first-order valence-electron chi connectivity index (χ1n) is 7.25. The minimum atomic E-state index is -0.231. The van der Waals surface area contributed by atoms with Crippen LogP contribution in [0.1, 0.15) is 30.4 Å². The summed E-state index contributed by atoms with van der Waals surface area (Å²) in [6, 6.07) is -0.105. The Hall–Kier alpha value is -1.89. The second-order valence-electron chi connectivity index (χ2n) is 5.66. The highest BCUT2D eigenvalue weighted by atomic mass is 16.5. The number of amides is 2. The molecule has 0 aliphatic carbocycles. The molecular formula is C14H20N4O3. The maximum absolute atomic E-state index is 12.3. The predicted molar refractivity (Wildman–Crippen MR) is 74.6 cm³/mol. The summed E-state index contributed by atoms with van der Waals surface area (Å²) < 4.78 is 7.48. The van der Waals surface area contributed by atoms with Crippen molar-refractivity contribution in [1.82, 2.24) is 19.8 Å². The van der Waals surface area contributed by atoms with Crippen LogP contribution in [0.2, 0.25) is 0 Å².